The molecule has 4 aromatic rings. The summed E-state index contributed by atoms with van der Waals surface area (Å²) >= 11 is 0. The van der Waals surface area contributed by atoms with Crippen LogP contribution < -0.4 is 24.3 Å². The van der Waals surface area contributed by atoms with E-state index in [2.05, 4.69) is 23.5 Å². The molecule has 1 unspecified atom stereocenters. The molecule has 0 radical (unpaired) electrons. The minimum atomic E-state index is 0.571. The number of rotatable bonds is 9. The van der Waals surface area contributed by atoms with E-state index >= 15 is 0 Å². The number of fused-ring (bicyclic) bond motifs is 1. The Labute approximate surface area is 213 Å². The summed E-state index contributed by atoms with van der Waals surface area (Å²) in [4.78, 5) is 0. The first kappa shape index (κ1) is 24.0. The van der Waals surface area contributed by atoms with E-state index in [1.165, 1.54) is 19.3 Å². The van der Waals surface area contributed by atoms with Gasteiger partial charge < -0.3 is 24.3 Å². The van der Waals surface area contributed by atoms with Crippen LogP contribution in [-0.4, -0.2) is 33.4 Å². The fourth-order valence-electron chi connectivity index (χ4n) is 4.75. The van der Waals surface area contributed by atoms with Crippen molar-refractivity contribution >= 4 is 10.8 Å². The van der Waals surface area contributed by atoms with Crippen molar-refractivity contribution in [2.45, 2.75) is 31.7 Å². The van der Waals surface area contributed by atoms with Crippen LogP contribution in [-0.2, 0) is 0 Å². The summed E-state index contributed by atoms with van der Waals surface area (Å²) in [6.07, 6.45) is 4.86. The molecule has 1 aliphatic rings. The number of benzene rings is 4. The summed E-state index contributed by atoms with van der Waals surface area (Å²) in [5, 5.41) is 5.63. The molecule has 5 heteroatoms. The predicted molar refractivity (Wildman–Crippen MR) is 145 cm³/mol. The fourth-order valence-corrected chi connectivity index (χ4v) is 4.75. The normalized spacial score (nSPS) is 15.4. The van der Waals surface area contributed by atoms with Crippen molar-refractivity contribution in [3.63, 3.8) is 0 Å². The maximum atomic E-state index is 6.53. The molecule has 0 saturated carbocycles. The van der Waals surface area contributed by atoms with Crippen LogP contribution in [0.1, 0.15) is 25.7 Å². The smallest absolute Gasteiger partial charge is 0.143 e. The molecule has 36 heavy (non-hydrogen) atoms. The lowest BCUT2D eigenvalue weighted by Crippen LogP contribution is -2.35. The Morgan fingerprint density at radius 1 is 0.778 bits per heavy atom. The lowest BCUT2D eigenvalue weighted by Gasteiger charge is -2.23. The number of piperidine rings is 1. The quantitative estimate of drug-likeness (QED) is 0.272. The predicted octanol–water partition coefficient (Wildman–Crippen LogP) is 7.23. The van der Waals surface area contributed by atoms with Gasteiger partial charge in [0.25, 0.3) is 0 Å². The molecule has 1 aliphatic heterocycles. The topological polar surface area (TPSA) is 49.0 Å². The molecule has 1 saturated heterocycles. The summed E-state index contributed by atoms with van der Waals surface area (Å²) in [7, 11) is 3.36. The standard InChI is InChI=1S/C31H33NO4/c1-33-27-8-5-6-22(20-27)29-15-9-23-21-28(34-2)14-16-30(23)31(29)36-26-12-10-25(11-13-26)35-19-17-24-7-3-4-18-32-24/h5-6,8-16,20-21,24,32H,3-4,7,17-19H2,1-2H3. The average Bonchev–Trinajstić information content (AvgIpc) is 2.94. The Kier molecular flexibility index (Phi) is 7.58. The molecular weight excluding hydrogens is 450 g/mol. The molecule has 186 valence electrons. The highest BCUT2D eigenvalue weighted by atomic mass is 16.5. The van der Waals surface area contributed by atoms with E-state index in [1.807, 2.05) is 60.7 Å². The van der Waals surface area contributed by atoms with Gasteiger partial charge in [-0.2, -0.15) is 0 Å². The van der Waals surface area contributed by atoms with Crippen molar-refractivity contribution in [3.8, 4) is 39.9 Å². The first-order valence-corrected chi connectivity index (χ1v) is 12.6. The summed E-state index contributed by atoms with van der Waals surface area (Å²) in [6, 6.07) is 26.7. The van der Waals surface area contributed by atoms with Gasteiger partial charge in [-0.15, -0.1) is 0 Å². The molecule has 0 aliphatic carbocycles. The highest BCUT2D eigenvalue weighted by Gasteiger charge is 2.15. The first-order chi connectivity index (χ1) is 17.7. The molecule has 1 atom stereocenters. The highest BCUT2D eigenvalue weighted by Crippen LogP contribution is 2.41. The van der Waals surface area contributed by atoms with E-state index in [-0.39, 0.29) is 0 Å². The van der Waals surface area contributed by atoms with Crippen LogP contribution in [0.15, 0.2) is 78.9 Å². The third kappa shape index (κ3) is 5.58. The van der Waals surface area contributed by atoms with Gasteiger partial charge in [0.05, 0.1) is 20.8 Å². The summed E-state index contributed by atoms with van der Waals surface area (Å²) in [5.74, 6) is 4.02. The van der Waals surface area contributed by atoms with E-state index in [1.54, 1.807) is 14.2 Å². The van der Waals surface area contributed by atoms with E-state index in [0.29, 0.717) is 12.6 Å². The van der Waals surface area contributed by atoms with Crippen LogP contribution in [0.4, 0.5) is 0 Å². The summed E-state index contributed by atoms with van der Waals surface area (Å²) in [5.41, 5.74) is 2.02. The molecular formula is C31H33NO4. The molecule has 1 heterocycles. The molecule has 0 bridgehead atoms. The maximum Gasteiger partial charge on any atom is 0.143 e. The molecule has 5 rings (SSSR count). The maximum absolute atomic E-state index is 6.53. The minimum absolute atomic E-state index is 0.571. The molecule has 0 spiro atoms. The van der Waals surface area contributed by atoms with Crippen molar-refractivity contribution in [2.24, 2.45) is 0 Å². The van der Waals surface area contributed by atoms with Gasteiger partial charge in [0, 0.05) is 17.0 Å². The van der Waals surface area contributed by atoms with Gasteiger partial charge in [-0.25, -0.2) is 0 Å². The lowest BCUT2D eigenvalue weighted by atomic mass is 9.99. The van der Waals surface area contributed by atoms with Gasteiger partial charge in [0.15, 0.2) is 0 Å². The van der Waals surface area contributed by atoms with Crippen molar-refractivity contribution in [1.82, 2.24) is 5.32 Å². The molecule has 4 aromatic carbocycles. The second kappa shape index (κ2) is 11.4. The number of ether oxygens (including phenoxy) is 4. The van der Waals surface area contributed by atoms with Crippen molar-refractivity contribution in [3.05, 3.63) is 78.9 Å². The number of methoxy groups -OCH3 is 2. The summed E-state index contributed by atoms with van der Waals surface area (Å²) < 4.78 is 23.4. The Morgan fingerprint density at radius 3 is 2.33 bits per heavy atom. The monoisotopic (exact) mass is 483 g/mol. The lowest BCUT2D eigenvalue weighted by molar-refractivity contribution is 0.268. The zero-order valence-corrected chi connectivity index (χ0v) is 21.0. The molecule has 1 N–H and O–H groups in total. The van der Waals surface area contributed by atoms with E-state index in [4.69, 9.17) is 18.9 Å². The van der Waals surface area contributed by atoms with Crippen LogP contribution in [0.2, 0.25) is 0 Å². The third-order valence-electron chi connectivity index (χ3n) is 6.75. The van der Waals surface area contributed by atoms with Gasteiger partial charge in [-0.3, -0.25) is 0 Å². The summed E-state index contributed by atoms with van der Waals surface area (Å²) in [6.45, 7) is 1.83. The average molecular weight is 484 g/mol. The van der Waals surface area contributed by atoms with Crippen LogP contribution in [0.25, 0.3) is 21.9 Å². The van der Waals surface area contributed by atoms with Gasteiger partial charge in [-0.05, 0) is 97.4 Å². The van der Waals surface area contributed by atoms with Gasteiger partial charge >= 0.3 is 0 Å². The van der Waals surface area contributed by atoms with Gasteiger partial charge in [0.2, 0.25) is 0 Å². The highest BCUT2D eigenvalue weighted by molar-refractivity contribution is 5.96. The van der Waals surface area contributed by atoms with Gasteiger partial charge in [0.1, 0.15) is 28.7 Å². The van der Waals surface area contributed by atoms with Crippen molar-refractivity contribution in [1.29, 1.82) is 0 Å². The molecule has 0 aromatic heterocycles. The Morgan fingerprint density at radius 2 is 1.56 bits per heavy atom. The van der Waals surface area contributed by atoms with Crippen LogP contribution >= 0.6 is 0 Å². The van der Waals surface area contributed by atoms with Crippen LogP contribution in [0.5, 0.6) is 28.7 Å². The van der Waals surface area contributed by atoms with E-state index < -0.39 is 0 Å². The van der Waals surface area contributed by atoms with E-state index in [9.17, 15) is 0 Å². The Bertz CT molecular complexity index is 1300. The molecule has 5 nitrogen and oxygen atoms in total. The minimum Gasteiger partial charge on any atom is -0.497 e. The second-order valence-electron chi connectivity index (χ2n) is 9.12. The first-order valence-electron chi connectivity index (χ1n) is 12.6. The second-order valence-corrected chi connectivity index (χ2v) is 9.12. The Hall–Kier alpha value is -3.70. The van der Waals surface area contributed by atoms with Crippen LogP contribution in [0, 0.1) is 0 Å². The zero-order valence-electron chi connectivity index (χ0n) is 21.0. The van der Waals surface area contributed by atoms with Crippen molar-refractivity contribution in [2.75, 3.05) is 27.4 Å². The molecule has 0 amide bonds. The Balaban J connectivity index is 1.39. The third-order valence-corrected chi connectivity index (χ3v) is 6.75. The SMILES string of the molecule is COc1cccc(-c2ccc3cc(OC)ccc3c2Oc2ccc(OCCC3CCCCN3)cc2)c1. The molecule has 1 fully saturated rings. The van der Waals surface area contributed by atoms with Gasteiger partial charge in [-0.1, -0.05) is 24.6 Å². The number of hydrogen-bond acceptors (Lipinski definition) is 5. The fraction of sp³-hybridized carbons (Fsp3) is 0.290. The number of nitrogens with one attached hydrogen (secondary N) is 1. The van der Waals surface area contributed by atoms with Crippen LogP contribution in [0.3, 0.4) is 0 Å². The van der Waals surface area contributed by atoms with E-state index in [0.717, 1.165) is 63.6 Å². The zero-order chi connectivity index (χ0) is 24.7. The number of hydrogen-bond donors (Lipinski definition) is 1. The largest absolute Gasteiger partial charge is 0.497 e. The van der Waals surface area contributed by atoms with Crippen molar-refractivity contribution < 1.29 is 18.9 Å².